The maximum atomic E-state index is 12.7. The van der Waals surface area contributed by atoms with Gasteiger partial charge in [0.2, 0.25) is 5.78 Å². The van der Waals surface area contributed by atoms with Crippen LogP contribution in [0.3, 0.4) is 0 Å². The van der Waals surface area contributed by atoms with Crippen molar-refractivity contribution in [3.63, 3.8) is 0 Å². The molecule has 0 aliphatic carbocycles. The fourth-order valence-corrected chi connectivity index (χ4v) is 3.22. The summed E-state index contributed by atoms with van der Waals surface area (Å²) in [7, 11) is 0. The zero-order chi connectivity index (χ0) is 19.8. The van der Waals surface area contributed by atoms with Crippen molar-refractivity contribution in [1.82, 2.24) is 19.2 Å². The molecule has 0 radical (unpaired) electrons. The lowest BCUT2D eigenvalue weighted by molar-refractivity contribution is -0.386. The second kappa shape index (κ2) is 6.76. The van der Waals surface area contributed by atoms with Crippen LogP contribution in [0, 0.1) is 17.0 Å². The molecule has 4 aromatic rings. The molecule has 2 heterocycles. The maximum Gasteiger partial charge on any atom is 0.310 e. The van der Waals surface area contributed by atoms with E-state index in [4.69, 9.17) is 4.74 Å². The Bertz CT molecular complexity index is 1270. The number of benzene rings is 2. The Balaban J connectivity index is 1.84. The van der Waals surface area contributed by atoms with Crippen LogP contribution in [0.15, 0.2) is 47.3 Å². The zero-order valence-corrected chi connectivity index (χ0v) is 15.3. The number of rotatable bonds is 5. The first kappa shape index (κ1) is 17.7. The predicted molar refractivity (Wildman–Crippen MR) is 103 cm³/mol. The number of aromatic nitrogens is 4. The highest BCUT2D eigenvalue weighted by molar-refractivity contribution is 5.80. The number of para-hydroxylation sites is 1. The summed E-state index contributed by atoms with van der Waals surface area (Å²) in [5, 5.41) is 20.1. The minimum absolute atomic E-state index is 0.0304. The summed E-state index contributed by atoms with van der Waals surface area (Å²) in [5.74, 6) is 1.02. The van der Waals surface area contributed by atoms with Gasteiger partial charge in [-0.3, -0.25) is 23.9 Å². The third-order valence-electron chi connectivity index (χ3n) is 4.56. The molecular weight excluding hydrogens is 362 g/mol. The molecule has 4 rings (SSSR count). The van der Waals surface area contributed by atoms with Crippen molar-refractivity contribution < 1.29 is 9.66 Å². The van der Waals surface area contributed by atoms with Crippen LogP contribution >= 0.6 is 0 Å². The number of ether oxygens (including phenoxy) is 1. The molecule has 2 aromatic carbocycles. The first-order chi connectivity index (χ1) is 13.5. The van der Waals surface area contributed by atoms with E-state index in [2.05, 4.69) is 10.2 Å². The monoisotopic (exact) mass is 379 g/mol. The summed E-state index contributed by atoms with van der Waals surface area (Å²) in [6.07, 6.45) is 0. The Hall–Kier alpha value is -3.75. The zero-order valence-electron chi connectivity index (χ0n) is 15.3. The largest absolute Gasteiger partial charge is 0.479 e. The van der Waals surface area contributed by atoms with Gasteiger partial charge in [-0.1, -0.05) is 18.2 Å². The molecule has 0 aliphatic rings. The molecule has 28 heavy (non-hydrogen) atoms. The van der Waals surface area contributed by atoms with Crippen molar-refractivity contribution in [3.05, 3.63) is 74.3 Å². The van der Waals surface area contributed by atoms with Crippen molar-refractivity contribution in [3.8, 4) is 5.75 Å². The molecule has 0 bridgehead atoms. The third kappa shape index (κ3) is 2.77. The van der Waals surface area contributed by atoms with E-state index in [0.717, 1.165) is 5.56 Å². The summed E-state index contributed by atoms with van der Waals surface area (Å²) in [4.78, 5) is 23.5. The molecule has 0 spiro atoms. The predicted octanol–water partition coefficient (Wildman–Crippen LogP) is 2.86. The van der Waals surface area contributed by atoms with E-state index in [-0.39, 0.29) is 23.6 Å². The van der Waals surface area contributed by atoms with Gasteiger partial charge in [-0.2, -0.15) is 0 Å². The fraction of sp³-hybridized carbons (Fsp3) is 0.211. The smallest absolute Gasteiger partial charge is 0.310 e. The maximum absolute atomic E-state index is 12.7. The third-order valence-corrected chi connectivity index (χ3v) is 4.56. The normalized spacial score (nSPS) is 11.2. The van der Waals surface area contributed by atoms with E-state index in [1.165, 1.54) is 10.6 Å². The van der Waals surface area contributed by atoms with E-state index in [1.807, 2.05) is 26.0 Å². The topological polar surface area (TPSA) is 105 Å². The summed E-state index contributed by atoms with van der Waals surface area (Å²) < 4.78 is 9.02. The molecule has 0 fully saturated rings. The standard InChI is InChI=1S/C19H17N5O4/c1-3-22-18(25)13-6-4-5-7-14(13)23-17(20-21-19(22)23)11-28-16-10-12(2)8-9-15(16)24(26)27/h4-10H,3,11H2,1-2H3. The molecular formula is C19H17N5O4. The number of hydrogen-bond donors (Lipinski definition) is 0. The summed E-state index contributed by atoms with van der Waals surface area (Å²) >= 11 is 0. The van der Waals surface area contributed by atoms with Gasteiger partial charge in [0.15, 0.2) is 11.6 Å². The van der Waals surface area contributed by atoms with Crippen LogP contribution in [-0.2, 0) is 13.2 Å². The van der Waals surface area contributed by atoms with Gasteiger partial charge in [0.1, 0.15) is 6.61 Å². The quantitative estimate of drug-likeness (QED) is 0.390. The highest BCUT2D eigenvalue weighted by Crippen LogP contribution is 2.28. The fourth-order valence-electron chi connectivity index (χ4n) is 3.22. The molecule has 0 amide bonds. The number of fused-ring (bicyclic) bond motifs is 3. The van der Waals surface area contributed by atoms with Gasteiger partial charge in [0.25, 0.3) is 5.56 Å². The second-order valence-corrected chi connectivity index (χ2v) is 6.34. The molecule has 9 heteroatoms. The average molecular weight is 379 g/mol. The van der Waals surface area contributed by atoms with Gasteiger partial charge in [-0.05, 0) is 37.6 Å². The molecule has 0 saturated carbocycles. The summed E-state index contributed by atoms with van der Waals surface area (Å²) in [6, 6.07) is 11.9. The molecule has 0 unspecified atom stereocenters. The van der Waals surface area contributed by atoms with Crippen LogP contribution < -0.4 is 10.3 Å². The first-order valence-electron chi connectivity index (χ1n) is 8.74. The van der Waals surface area contributed by atoms with E-state index < -0.39 is 4.92 Å². The molecule has 0 aliphatic heterocycles. The van der Waals surface area contributed by atoms with Crippen LogP contribution in [-0.4, -0.2) is 24.1 Å². The molecule has 2 aromatic heterocycles. The Kier molecular flexibility index (Phi) is 4.26. The number of nitro benzene ring substituents is 1. The van der Waals surface area contributed by atoms with Gasteiger partial charge in [-0.25, -0.2) is 0 Å². The lowest BCUT2D eigenvalue weighted by atomic mass is 10.2. The second-order valence-electron chi connectivity index (χ2n) is 6.34. The minimum Gasteiger partial charge on any atom is -0.479 e. The first-order valence-corrected chi connectivity index (χ1v) is 8.74. The molecule has 0 atom stereocenters. The van der Waals surface area contributed by atoms with Crippen LogP contribution in [0.2, 0.25) is 0 Å². The van der Waals surface area contributed by atoms with Gasteiger partial charge in [-0.15, -0.1) is 10.2 Å². The summed E-state index contributed by atoms with van der Waals surface area (Å²) in [6.45, 7) is 4.10. The number of nitro groups is 1. The average Bonchev–Trinajstić information content (AvgIpc) is 3.10. The van der Waals surface area contributed by atoms with Crippen molar-refractivity contribution in [2.75, 3.05) is 0 Å². The molecule has 9 nitrogen and oxygen atoms in total. The number of hydrogen-bond acceptors (Lipinski definition) is 6. The molecule has 0 saturated heterocycles. The van der Waals surface area contributed by atoms with Crippen LogP contribution in [0.4, 0.5) is 5.69 Å². The lowest BCUT2D eigenvalue weighted by Crippen LogP contribution is -2.22. The Labute approximate surface area is 159 Å². The number of nitrogens with zero attached hydrogens (tertiary/aromatic N) is 5. The van der Waals surface area contributed by atoms with Crippen LogP contribution in [0.25, 0.3) is 16.7 Å². The van der Waals surface area contributed by atoms with Gasteiger partial charge >= 0.3 is 5.69 Å². The Morgan fingerprint density at radius 1 is 1.18 bits per heavy atom. The van der Waals surface area contributed by atoms with Crippen LogP contribution in [0.1, 0.15) is 18.3 Å². The van der Waals surface area contributed by atoms with Gasteiger partial charge < -0.3 is 4.74 Å². The van der Waals surface area contributed by atoms with Gasteiger partial charge in [0.05, 0.1) is 15.8 Å². The van der Waals surface area contributed by atoms with Crippen molar-refractivity contribution in [1.29, 1.82) is 0 Å². The van der Waals surface area contributed by atoms with Crippen molar-refractivity contribution >= 4 is 22.4 Å². The number of aryl methyl sites for hydroxylation is 2. The molecule has 0 N–H and O–H groups in total. The Morgan fingerprint density at radius 2 is 1.96 bits per heavy atom. The van der Waals surface area contributed by atoms with E-state index in [1.54, 1.807) is 28.7 Å². The van der Waals surface area contributed by atoms with Crippen molar-refractivity contribution in [2.24, 2.45) is 0 Å². The molecule has 142 valence electrons. The highest BCUT2D eigenvalue weighted by atomic mass is 16.6. The van der Waals surface area contributed by atoms with Gasteiger partial charge in [0, 0.05) is 12.6 Å². The summed E-state index contributed by atoms with van der Waals surface area (Å²) in [5.41, 5.74) is 1.25. The minimum atomic E-state index is -0.485. The lowest BCUT2D eigenvalue weighted by Gasteiger charge is -2.10. The SMILES string of the molecule is CCn1c(=O)c2ccccc2n2c(COc3cc(C)ccc3[N+](=O)[O-])nnc12. The van der Waals surface area contributed by atoms with Crippen LogP contribution in [0.5, 0.6) is 5.75 Å². The van der Waals surface area contributed by atoms with Crippen molar-refractivity contribution in [2.45, 2.75) is 27.0 Å². The Morgan fingerprint density at radius 3 is 2.71 bits per heavy atom. The highest BCUT2D eigenvalue weighted by Gasteiger charge is 2.19. The van der Waals surface area contributed by atoms with E-state index >= 15 is 0 Å². The van der Waals surface area contributed by atoms with E-state index in [0.29, 0.717) is 29.0 Å². The van der Waals surface area contributed by atoms with E-state index in [9.17, 15) is 14.9 Å².